The van der Waals surface area contributed by atoms with Crippen molar-refractivity contribution in [1.82, 2.24) is 15.1 Å². The number of aryl methyl sites for hydroxylation is 1. The van der Waals surface area contributed by atoms with Crippen LogP contribution in [0.5, 0.6) is 11.5 Å². The highest BCUT2D eigenvalue weighted by atomic mass is 79.9. The summed E-state index contributed by atoms with van der Waals surface area (Å²) in [6.45, 7) is 8.17. The molecule has 2 rings (SSSR count). The van der Waals surface area contributed by atoms with Crippen molar-refractivity contribution in [3.63, 3.8) is 0 Å². The second-order valence-corrected chi connectivity index (χ2v) is 6.20. The number of halogens is 1. The summed E-state index contributed by atoms with van der Waals surface area (Å²) < 4.78 is 8.71. The van der Waals surface area contributed by atoms with Gasteiger partial charge in [-0.3, -0.25) is 4.68 Å². The van der Waals surface area contributed by atoms with Crippen molar-refractivity contribution < 1.29 is 4.74 Å². The van der Waals surface area contributed by atoms with E-state index in [4.69, 9.17) is 4.74 Å². The van der Waals surface area contributed by atoms with Gasteiger partial charge in [0.15, 0.2) is 5.75 Å². The quantitative estimate of drug-likeness (QED) is 0.805. The lowest BCUT2D eigenvalue weighted by atomic mass is 10.2. The lowest BCUT2D eigenvalue weighted by molar-refractivity contribution is 0.477. The van der Waals surface area contributed by atoms with E-state index in [1.807, 2.05) is 16.9 Å². The third kappa shape index (κ3) is 4.86. The second kappa shape index (κ2) is 7.61. The van der Waals surface area contributed by atoms with Gasteiger partial charge in [0.25, 0.3) is 0 Å². The number of hydrogen-bond acceptors (Lipinski definition) is 3. The van der Waals surface area contributed by atoms with Crippen LogP contribution in [-0.4, -0.2) is 15.8 Å². The van der Waals surface area contributed by atoms with Crippen LogP contribution >= 0.6 is 15.9 Å². The number of nitrogens with zero attached hydrogens (tertiary/aromatic N) is 2. The molecule has 0 aliphatic rings. The highest BCUT2D eigenvalue weighted by Gasteiger charge is 2.06. The largest absolute Gasteiger partial charge is 0.453 e. The third-order valence-electron chi connectivity index (χ3n) is 3.00. The van der Waals surface area contributed by atoms with Crippen LogP contribution in [0.25, 0.3) is 0 Å². The van der Waals surface area contributed by atoms with Gasteiger partial charge in [0.1, 0.15) is 5.75 Å². The summed E-state index contributed by atoms with van der Waals surface area (Å²) in [5.74, 6) is 1.57. The number of aromatic nitrogens is 2. The Morgan fingerprint density at radius 1 is 1.38 bits per heavy atom. The van der Waals surface area contributed by atoms with E-state index in [1.165, 1.54) is 5.56 Å². The molecule has 0 amide bonds. The summed E-state index contributed by atoms with van der Waals surface area (Å²) in [4.78, 5) is 0. The maximum Gasteiger partial charge on any atom is 0.165 e. The lowest BCUT2D eigenvalue weighted by Gasteiger charge is -2.10. The third-order valence-corrected chi connectivity index (χ3v) is 3.62. The Morgan fingerprint density at radius 3 is 2.86 bits per heavy atom. The van der Waals surface area contributed by atoms with E-state index in [1.54, 1.807) is 6.20 Å². The topological polar surface area (TPSA) is 39.1 Å². The minimum Gasteiger partial charge on any atom is -0.453 e. The fourth-order valence-corrected chi connectivity index (χ4v) is 2.44. The van der Waals surface area contributed by atoms with E-state index in [-0.39, 0.29) is 0 Å². The fraction of sp³-hybridized carbons (Fsp3) is 0.438. The molecular weight excluding hydrogens is 330 g/mol. The van der Waals surface area contributed by atoms with E-state index in [9.17, 15) is 0 Å². The van der Waals surface area contributed by atoms with Crippen LogP contribution < -0.4 is 10.1 Å². The van der Waals surface area contributed by atoms with Crippen molar-refractivity contribution in [3.8, 4) is 11.5 Å². The van der Waals surface area contributed by atoms with Crippen LogP contribution in [0.15, 0.2) is 35.1 Å². The monoisotopic (exact) mass is 351 g/mol. The number of hydrogen-bond donors (Lipinski definition) is 1. The number of nitrogens with one attached hydrogen (secondary N) is 1. The highest BCUT2D eigenvalue weighted by molar-refractivity contribution is 9.10. The molecule has 0 bridgehead atoms. The standard InChI is InChI=1S/C16H22BrN3O/c1-4-7-20-11-14(10-19-20)21-16-6-5-13(8-15(16)17)9-18-12(2)3/h5-6,8,10-12,18H,4,7,9H2,1-3H3. The summed E-state index contributed by atoms with van der Waals surface area (Å²) in [6.07, 6.45) is 4.73. The Balaban J connectivity index is 2.02. The summed E-state index contributed by atoms with van der Waals surface area (Å²) in [6, 6.07) is 6.62. The molecule has 0 atom stereocenters. The Labute approximate surface area is 134 Å². The molecule has 21 heavy (non-hydrogen) atoms. The van der Waals surface area contributed by atoms with Gasteiger partial charge in [-0.25, -0.2) is 0 Å². The van der Waals surface area contributed by atoms with Crippen molar-refractivity contribution in [2.45, 2.75) is 46.3 Å². The molecule has 4 nitrogen and oxygen atoms in total. The normalized spacial score (nSPS) is 11.1. The molecule has 0 fully saturated rings. The first-order valence-corrected chi connectivity index (χ1v) is 8.10. The predicted molar refractivity (Wildman–Crippen MR) is 88.7 cm³/mol. The zero-order valence-corrected chi connectivity index (χ0v) is 14.4. The summed E-state index contributed by atoms with van der Waals surface area (Å²) >= 11 is 3.57. The summed E-state index contributed by atoms with van der Waals surface area (Å²) in [5, 5.41) is 7.67. The second-order valence-electron chi connectivity index (χ2n) is 5.34. The van der Waals surface area contributed by atoms with Crippen molar-refractivity contribution in [1.29, 1.82) is 0 Å². The smallest absolute Gasteiger partial charge is 0.165 e. The Hall–Kier alpha value is -1.33. The molecule has 0 unspecified atom stereocenters. The summed E-state index contributed by atoms with van der Waals surface area (Å²) in [5.41, 5.74) is 1.23. The van der Waals surface area contributed by atoms with Crippen LogP contribution in [0.1, 0.15) is 32.8 Å². The first-order chi connectivity index (χ1) is 10.1. The van der Waals surface area contributed by atoms with Crippen molar-refractivity contribution in [3.05, 3.63) is 40.6 Å². The Morgan fingerprint density at radius 2 is 2.19 bits per heavy atom. The van der Waals surface area contributed by atoms with Crippen LogP contribution in [0, 0.1) is 0 Å². The van der Waals surface area contributed by atoms with E-state index < -0.39 is 0 Å². The van der Waals surface area contributed by atoms with Gasteiger partial charge in [-0.15, -0.1) is 0 Å². The Bertz CT molecular complexity index is 581. The molecule has 0 aliphatic heterocycles. The van der Waals surface area contributed by atoms with Crippen molar-refractivity contribution in [2.24, 2.45) is 0 Å². The molecule has 0 radical (unpaired) electrons. The Kier molecular flexibility index (Phi) is 5.82. The zero-order chi connectivity index (χ0) is 15.2. The van der Waals surface area contributed by atoms with Crippen LogP contribution in [0.2, 0.25) is 0 Å². The molecule has 1 aromatic heterocycles. The molecule has 0 spiro atoms. The molecule has 5 heteroatoms. The van der Waals surface area contributed by atoms with Crippen LogP contribution in [0.4, 0.5) is 0 Å². The zero-order valence-electron chi connectivity index (χ0n) is 12.8. The molecule has 0 aliphatic carbocycles. The molecule has 1 aromatic carbocycles. The SMILES string of the molecule is CCCn1cc(Oc2ccc(CNC(C)C)cc2Br)cn1. The van der Waals surface area contributed by atoms with Gasteiger partial charge in [0, 0.05) is 19.1 Å². The minimum absolute atomic E-state index is 0.476. The molecule has 0 saturated carbocycles. The van der Waals surface area contributed by atoms with E-state index in [0.717, 1.165) is 35.5 Å². The molecule has 0 saturated heterocycles. The van der Waals surface area contributed by atoms with Gasteiger partial charge in [0.05, 0.1) is 16.9 Å². The van der Waals surface area contributed by atoms with Gasteiger partial charge in [-0.1, -0.05) is 26.8 Å². The van der Waals surface area contributed by atoms with Gasteiger partial charge >= 0.3 is 0 Å². The first kappa shape index (κ1) is 16.0. The molecule has 2 aromatic rings. The van der Waals surface area contributed by atoms with E-state index in [2.05, 4.69) is 59.2 Å². The molecule has 1 N–H and O–H groups in total. The van der Waals surface area contributed by atoms with Crippen LogP contribution in [0.3, 0.4) is 0 Å². The highest BCUT2D eigenvalue weighted by Crippen LogP contribution is 2.30. The molecular formula is C16H22BrN3O. The molecule has 1 heterocycles. The van der Waals surface area contributed by atoms with Crippen molar-refractivity contribution >= 4 is 15.9 Å². The van der Waals surface area contributed by atoms with Gasteiger partial charge < -0.3 is 10.1 Å². The number of rotatable bonds is 7. The maximum absolute atomic E-state index is 5.87. The van der Waals surface area contributed by atoms with Gasteiger partial charge in [-0.2, -0.15) is 5.10 Å². The fourth-order valence-electron chi connectivity index (χ4n) is 1.93. The average Bonchev–Trinajstić information content (AvgIpc) is 2.87. The minimum atomic E-state index is 0.476. The van der Waals surface area contributed by atoms with E-state index in [0.29, 0.717) is 6.04 Å². The van der Waals surface area contributed by atoms with E-state index >= 15 is 0 Å². The number of benzene rings is 1. The van der Waals surface area contributed by atoms with Gasteiger partial charge in [-0.05, 0) is 40.0 Å². The van der Waals surface area contributed by atoms with Crippen LogP contribution in [-0.2, 0) is 13.1 Å². The van der Waals surface area contributed by atoms with Gasteiger partial charge in [0.2, 0.25) is 0 Å². The maximum atomic E-state index is 5.87. The average molecular weight is 352 g/mol. The summed E-state index contributed by atoms with van der Waals surface area (Å²) in [7, 11) is 0. The number of ether oxygens (including phenoxy) is 1. The van der Waals surface area contributed by atoms with Crippen molar-refractivity contribution in [2.75, 3.05) is 0 Å². The first-order valence-electron chi connectivity index (χ1n) is 7.30. The molecule has 114 valence electrons. The lowest BCUT2D eigenvalue weighted by Crippen LogP contribution is -2.21. The predicted octanol–water partition coefficient (Wildman–Crippen LogP) is 4.35.